The van der Waals surface area contributed by atoms with E-state index in [-0.39, 0.29) is 5.56 Å². The lowest BCUT2D eigenvalue weighted by Crippen LogP contribution is -2.01. The zero-order chi connectivity index (χ0) is 10.6. The lowest BCUT2D eigenvalue weighted by Gasteiger charge is -2.07. The highest BCUT2D eigenvalue weighted by Gasteiger charge is 2.11. The van der Waals surface area contributed by atoms with Gasteiger partial charge >= 0.3 is 5.97 Å². The van der Waals surface area contributed by atoms with Crippen molar-refractivity contribution in [2.24, 2.45) is 0 Å². The molecule has 0 bridgehead atoms. The van der Waals surface area contributed by atoms with Gasteiger partial charge in [-0.25, -0.2) is 4.79 Å². The predicted molar refractivity (Wildman–Crippen MR) is 51.1 cm³/mol. The van der Waals surface area contributed by atoms with Crippen molar-refractivity contribution in [3.63, 3.8) is 0 Å². The summed E-state index contributed by atoms with van der Waals surface area (Å²) in [6.45, 7) is 2.34. The van der Waals surface area contributed by atoms with Crippen molar-refractivity contribution in [3.8, 4) is 11.5 Å². The second kappa shape index (κ2) is 4.50. The van der Waals surface area contributed by atoms with Crippen molar-refractivity contribution in [2.75, 3.05) is 13.7 Å². The van der Waals surface area contributed by atoms with Crippen molar-refractivity contribution >= 4 is 5.97 Å². The molecular weight excluding hydrogens is 184 g/mol. The molecule has 0 spiro atoms. The van der Waals surface area contributed by atoms with Crippen LogP contribution in [-0.2, 0) is 0 Å². The van der Waals surface area contributed by atoms with E-state index in [1.165, 1.54) is 13.2 Å². The minimum atomic E-state index is -1.02. The second-order valence-corrected chi connectivity index (χ2v) is 2.60. The van der Waals surface area contributed by atoms with Gasteiger partial charge in [0.05, 0.1) is 13.7 Å². The molecule has 0 saturated heterocycles. The third kappa shape index (κ3) is 2.16. The fraction of sp³-hybridized carbons (Fsp3) is 0.300. The average molecular weight is 196 g/mol. The SMILES string of the molecule is CCOc1ccc(OC)c(C(=O)O)c1. The molecule has 14 heavy (non-hydrogen) atoms. The number of carboxylic acid groups (broad SMARTS) is 1. The molecule has 0 fully saturated rings. The van der Waals surface area contributed by atoms with E-state index in [2.05, 4.69) is 0 Å². The van der Waals surface area contributed by atoms with Gasteiger partial charge in [-0.2, -0.15) is 0 Å². The Bertz CT molecular complexity index is 333. The first-order chi connectivity index (χ1) is 6.69. The van der Waals surface area contributed by atoms with Crippen LogP contribution in [0.3, 0.4) is 0 Å². The Morgan fingerprint density at radius 1 is 1.50 bits per heavy atom. The molecule has 1 rings (SSSR count). The first kappa shape index (κ1) is 10.4. The van der Waals surface area contributed by atoms with Gasteiger partial charge in [0.2, 0.25) is 0 Å². The van der Waals surface area contributed by atoms with E-state index in [1.807, 2.05) is 6.92 Å². The maximum Gasteiger partial charge on any atom is 0.339 e. The van der Waals surface area contributed by atoms with E-state index in [9.17, 15) is 4.79 Å². The number of ether oxygens (including phenoxy) is 2. The van der Waals surface area contributed by atoms with Crippen LogP contribution in [0.5, 0.6) is 11.5 Å². The summed E-state index contributed by atoms with van der Waals surface area (Å²) in [5.41, 5.74) is 0.110. The number of carbonyl (C=O) groups is 1. The molecule has 0 aromatic heterocycles. The maximum atomic E-state index is 10.8. The molecule has 0 radical (unpaired) electrons. The molecule has 0 atom stereocenters. The summed E-state index contributed by atoms with van der Waals surface area (Å²) in [7, 11) is 1.43. The Hall–Kier alpha value is -1.71. The molecule has 4 nitrogen and oxygen atoms in total. The van der Waals surface area contributed by atoms with Crippen LogP contribution in [0.25, 0.3) is 0 Å². The number of benzene rings is 1. The molecule has 0 aliphatic rings. The van der Waals surface area contributed by atoms with E-state index >= 15 is 0 Å². The third-order valence-electron chi connectivity index (χ3n) is 1.71. The first-order valence-corrected chi connectivity index (χ1v) is 4.23. The van der Waals surface area contributed by atoms with Crippen LogP contribution < -0.4 is 9.47 Å². The van der Waals surface area contributed by atoms with Crippen molar-refractivity contribution in [2.45, 2.75) is 6.92 Å². The summed E-state index contributed by atoms with van der Waals surface area (Å²) < 4.78 is 10.1. The third-order valence-corrected chi connectivity index (χ3v) is 1.71. The maximum absolute atomic E-state index is 10.8. The Morgan fingerprint density at radius 3 is 2.71 bits per heavy atom. The molecule has 0 heterocycles. The van der Waals surface area contributed by atoms with E-state index in [0.29, 0.717) is 18.1 Å². The molecule has 0 amide bonds. The normalized spacial score (nSPS) is 9.57. The Kier molecular flexibility index (Phi) is 3.34. The smallest absolute Gasteiger partial charge is 0.339 e. The Morgan fingerprint density at radius 2 is 2.21 bits per heavy atom. The van der Waals surface area contributed by atoms with Gasteiger partial charge in [0.1, 0.15) is 17.1 Å². The molecular formula is C10H12O4. The predicted octanol–water partition coefficient (Wildman–Crippen LogP) is 1.79. The fourth-order valence-electron chi connectivity index (χ4n) is 1.11. The molecule has 0 aliphatic heterocycles. The molecule has 1 aromatic carbocycles. The van der Waals surface area contributed by atoms with Crippen molar-refractivity contribution < 1.29 is 19.4 Å². The number of aromatic carboxylic acids is 1. The minimum Gasteiger partial charge on any atom is -0.496 e. The highest BCUT2D eigenvalue weighted by molar-refractivity contribution is 5.91. The summed E-state index contributed by atoms with van der Waals surface area (Å²) in [5, 5.41) is 8.85. The van der Waals surface area contributed by atoms with E-state index in [1.54, 1.807) is 12.1 Å². The van der Waals surface area contributed by atoms with Crippen LogP contribution >= 0.6 is 0 Å². The summed E-state index contributed by atoms with van der Waals surface area (Å²) in [4.78, 5) is 10.8. The van der Waals surface area contributed by atoms with Crippen LogP contribution in [-0.4, -0.2) is 24.8 Å². The van der Waals surface area contributed by atoms with Gasteiger partial charge in [0.25, 0.3) is 0 Å². The summed E-state index contributed by atoms with van der Waals surface area (Å²) >= 11 is 0. The van der Waals surface area contributed by atoms with E-state index in [4.69, 9.17) is 14.6 Å². The summed E-state index contributed by atoms with van der Waals surface area (Å²) in [6, 6.07) is 4.70. The van der Waals surface area contributed by atoms with Gasteiger partial charge < -0.3 is 14.6 Å². The van der Waals surface area contributed by atoms with Gasteiger partial charge in [-0.3, -0.25) is 0 Å². The monoisotopic (exact) mass is 196 g/mol. The minimum absolute atomic E-state index is 0.110. The summed E-state index contributed by atoms with van der Waals surface area (Å²) in [6.07, 6.45) is 0. The molecule has 0 aliphatic carbocycles. The van der Waals surface area contributed by atoms with Gasteiger partial charge in [-0.15, -0.1) is 0 Å². The number of carboxylic acids is 1. The number of rotatable bonds is 4. The molecule has 1 N–H and O–H groups in total. The van der Waals surface area contributed by atoms with Crippen LogP contribution in [0, 0.1) is 0 Å². The van der Waals surface area contributed by atoms with Gasteiger partial charge in [-0.1, -0.05) is 0 Å². The first-order valence-electron chi connectivity index (χ1n) is 4.23. The van der Waals surface area contributed by atoms with E-state index in [0.717, 1.165) is 0 Å². The fourth-order valence-corrected chi connectivity index (χ4v) is 1.11. The lowest BCUT2D eigenvalue weighted by molar-refractivity contribution is 0.0693. The van der Waals surface area contributed by atoms with Crippen LogP contribution in [0.15, 0.2) is 18.2 Å². The average Bonchev–Trinajstić information content (AvgIpc) is 2.18. The number of hydrogen-bond donors (Lipinski definition) is 1. The van der Waals surface area contributed by atoms with Crippen LogP contribution in [0.1, 0.15) is 17.3 Å². The molecule has 0 unspecified atom stereocenters. The van der Waals surface area contributed by atoms with Crippen molar-refractivity contribution in [1.29, 1.82) is 0 Å². The Labute approximate surface area is 82.1 Å². The topological polar surface area (TPSA) is 55.8 Å². The second-order valence-electron chi connectivity index (χ2n) is 2.60. The van der Waals surface area contributed by atoms with Crippen LogP contribution in [0.4, 0.5) is 0 Å². The van der Waals surface area contributed by atoms with Crippen molar-refractivity contribution in [3.05, 3.63) is 23.8 Å². The summed E-state index contributed by atoms with van der Waals surface area (Å²) in [5.74, 6) is -0.157. The number of hydrogen-bond acceptors (Lipinski definition) is 3. The highest BCUT2D eigenvalue weighted by Crippen LogP contribution is 2.23. The van der Waals surface area contributed by atoms with Gasteiger partial charge in [0, 0.05) is 0 Å². The van der Waals surface area contributed by atoms with Crippen LogP contribution in [0.2, 0.25) is 0 Å². The highest BCUT2D eigenvalue weighted by atomic mass is 16.5. The zero-order valence-corrected chi connectivity index (χ0v) is 8.11. The van der Waals surface area contributed by atoms with E-state index < -0.39 is 5.97 Å². The standard InChI is InChI=1S/C10H12O4/c1-3-14-7-4-5-9(13-2)8(6-7)10(11)12/h4-6H,3H2,1-2H3,(H,11,12). The molecule has 1 aromatic rings. The van der Waals surface area contributed by atoms with Gasteiger partial charge in [-0.05, 0) is 25.1 Å². The van der Waals surface area contributed by atoms with Crippen molar-refractivity contribution in [1.82, 2.24) is 0 Å². The molecule has 0 saturated carbocycles. The molecule has 4 heteroatoms. The lowest BCUT2D eigenvalue weighted by atomic mass is 10.2. The quantitative estimate of drug-likeness (QED) is 0.797. The molecule has 76 valence electrons. The number of methoxy groups -OCH3 is 1. The van der Waals surface area contributed by atoms with Gasteiger partial charge in [0.15, 0.2) is 0 Å². The largest absolute Gasteiger partial charge is 0.496 e. The Balaban J connectivity index is 3.07. The zero-order valence-electron chi connectivity index (χ0n) is 8.11.